The maximum Gasteiger partial charge on any atom is 0.123 e. The molecule has 0 atom stereocenters. The summed E-state index contributed by atoms with van der Waals surface area (Å²) >= 11 is 0. The van der Waals surface area contributed by atoms with Crippen LogP contribution in [0.4, 0.5) is 0 Å². The number of nitrogens with two attached hydrogens (primary N) is 1. The molecule has 3 rings (SSSR count). The van der Waals surface area contributed by atoms with Gasteiger partial charge in [-0.1, -0.05) is 30.3 Å². The Bertz CT molecular complexity index is 612. The van der Waals surface area contributed by atoms with Crippen LogP contribution in [-0.4, -0.2) is 15.1 Å². The summed E-state index contributed by atoms with van der Waals surface area (Å²) in [6, 6.07) is 12.0. The predicted octanol–water partition coefficient (Wildman–Crippen LogP) is 1.30. The first-order chi connectivity index (χ1) is 6.86. The van der Waals surface area contributed by atoms with Gasteiger partial charge in [-0.15, -0.1) is 5.10 Å². The Labute approximate surface area is 79.9 Å². The van der Waals surface area contributed by atoms with Crippen molar-refractivity contribution in [3.8, 4) is 0 Å². The SMILES string of the molecule is Nn1nnc2c3ccccc3ccc21. The van der Waals surface area contributed by atoms with Crippen LogP contribution in [0.1, 0.15) is 0 Å². The quantitative estimate of drug-likeness (QED) is 0.536. The summed E-state index contributed by atoms with van der Waals surface area (Å²) in [4.78, 5) is 1.29. The zero-order valence-electron chi connectivity index (χ0n) is 7.38. The van der Waals surface area contributed by atoms with E-state index in [2.05, 4.69) is 10.3 Å². The molecule has 68 valence electrons. The Hall–Kier alpha value is -2.10. The van der Waals surface area contributed by atoms with E-state index in [0.29, 0.717) is 0 Å². The molecule has 2 N–H and O–H groups in total. The predicted molar refractivity (Wildman–Crippen MR) is 55.2 cm³/mol. The minimum atomic E-state index is 0.851. The lowest BCUT2D eigenvalue weighted by Gasteiger charge is -1.97. The van der Waals surface area contributed by atoms with Gasteiger partial charge >= 0.3 is 0 Å². The standard InChI is InChI=1S/C10H8N4/c11-14-9-6-5-7-3-1-2-4-8(7)10(9)12-13-14/h1-6H,11H2. The molecular weight excluding hydrogens is 176 g/mol. The minimum Gasteiger partial charge on any atom is -0.321 e. The van der Waals surface area contributed by atoms with Crippen molar-refractivity contribution in [2.45, 2.75) is 0 Å². The molecule has 3 aromatic rings. The van der Waals surface area contributed by atoms with E-state index in [-0.39, 0.29) is 0 Å². The average Bonchev–Trinajstić information content (AvgIpc) is 2.61. The molecular formula is C10H8N4. The van der Waals surface area contributed by atoms with E-state index >= 15 is 0 Å². The largest absolute Gasteiger partial charge is 0.321 e. The Balaban J connectivity index is 2.61. The van der Waals surface area contributed by atoms with E-state index in [4.69, 9.17) is 5.84 Å². The summed E-state index contributed by atoms with van der Waals surface area (Å²) < 4.78 is 0. The van der Waals surface area contributed by atoms with Gasteiger partial charge in [0.2, 0.25) is 0 Å². The normalized spacial score (nSPS) is 11.1. The smallest absolute Gasteiger partial charge is 0.123 e. The summed E-state index contributed by atoms with van der Waals surface area (Å²) in [7, 11) is 0. The molecule has 0 saturated carbocycles. The number of hydrogen-bond acceptors (Lipinski definition) is 3. The maximum absolute atomic E-state index is 5.61. The number of aromatic nitrogens is 3. The van der Waals surface area contributed by atoms with Gasteiger partial charge in [-0.2, -0.15) is 4.79 Å². The summed E-state index contributed by atoms with van der Waals surface area (Å²) in [6.45, 7) is 0. The second-order valence-electron chi connectivity index (χ2n) is 3.19. The number of fused-ring (bicyclic) bond motifs is 3. The molecule has 4 heteroatoms. The first-order valence-corrected chi connectivity index (χ1v) is 4.34. The molecule has 0 aliphatic heterocycles. The fourth-order valence-corrected chi connectivity index (χ4v) is 1.67. The second-order valence-corrected chi connectivity index (χ2v) is 3.19. The monoisotopic (exact) mass is 184 g/mol. The van der Waals surface area contributed by atoms with E-state index in [1.165, 1.54) is 4.79 Å². The zero-order chi connectivity index (χ0) is 9.54. The van der Waals surface area contributed by atoms with Crippen LogP contribution in [0.15, 0.2) is 36.4 Å². The van der Waals surface area contributed by atoms with Crippen molar-refractivity contribution in [2.24, 2.45) is 0 Å². The molecule has 2 aromatic carbocycles. The van der Waals surface area contributed by atoms with Gasteiger partial charge in [0.1, 0.15) is 11.0 Å². The van der Waals surface area contributed by atoms with Crippen molar-refractivity contribution in [2.75, 3.05) is 5.84 Å². The van der Waals surface area contributed by atoms with Crippen LogP contribution in [0.3, 0.4) is 0 Å². The van der Waals surface area contributed by atoms with E-state index in [9.17, 15) is 0 Å². The fraction of sp³-hybridized carbons (Fsp3) is 0. The molecule has 0 aliphatic carbocycles. The molecule has 0 radical (unpaired) electrons. The highest BCUT2D eigenvalue weighted by molar-refractivity contribution is 6.03. The van der Waals surface area contributed by atoms with Crippen molar-refractivity contribution in [3.63, 3.8) is 0 Å². The Morgan fingerprint density at radius 3 is 2.86 bits per heavy atom. The van der Waals surface area contributed by atoms with Crippen LogP contribution in [0.2, 0.25) is 0 Å². The van der Waals surface area contributed by atoms with Crippen LogP contribution < -0.4 is 5.84 Å². The van der Waals surface area contributed by atoms with Gasteiger partial charge in [-0.25, -0.2) is 0 Å². The van der Waals surface area contributed by atoms with Gasteiger partial charge in [-0.3, -0.25) is 0 Å². The van der Waals surface area contributed by atoms with Crippen LogP contribution in [-0.2, 0) is 0 Å². The Morgan fingerprint density at radius 1 is 1.07 bits per heavy atom. The number of rotatable bonds is 0. The molecule has 1 aromatic heterocycles. The van der Waals surface area contributed by atoms with Gasteiger partial charge in [0.25, 0.3) is 0 Å². The molecule has 4 nitrogen and oxygen atoms in total. The molecule has 0 spiro atoms. The highest BCUT2D eigenvalue weighted by Gasteiger charge is 2.04. The summed E-state index contributed by atoms with van der Waals surface area (Å²) in [5, 5.41) is 10.1. The lowest BCUT2D eigenvalue weighted by atomic mass is 10.1. The Morgan fingerprint density at radius 2 is 1.93 bits per heavy atom. The van der Waals surface area contributed by atoms with Crippen molar-refractivity contribution >= 4 is 21.8 Å². The van der Waals surface area contributed by atoms with Crippen LogP contribution >= 0.6 is 0 Å². The molecule has 0 saturated heterocycles. The molecule has 0 amide bonds. The van der Waals surface area contributed by atoms with Gasteiger partial charge in [0, 0.05) is 5.39 Å². The van der Waals surface area contributed by atoms with Crippen molar-refractivity contribution in [1.82, 2.24) is 15.1 Å². The molecule has 14 heavy (non-hydrogen) atoms. The third-order valence-corrected chi connectivity index (χ3v) is 2.37. The molecule has 0 bridgehead atoms. The number of benzene rings is 2. The first kappa shape index (κ1) is 7.32. The van der Waals surface area contributed by atoms with Crippen molar-refractivity contribution < 1.29 is 0 Å². The minimum absolute atomic E-state index is 0.851. The van der Waals surface area contributed by atoms with Gasteiger partial charge in [0.15, 0.2) is 0 Å². The fourth-order valence-electron chi connectivity index (χ4n) is 1.67. The Kier molecular flexibility index (Phi) is 1.28. The van der Waals surface area contributed by atoms with Crippen molar-refractivity contribution in [3.05, 3.63) is 36.4 Å². The lowest BCUT2D eigenvalue weighted by Crippen LogP contribution is -2.09. The first-order valence-electron chi connectivity index (χ1n) is 4.34. The lowest BCUT2D eigenvalue weighted by molar-refractivity contribution is 0.787. The maximum atomic E-state index is 5.61. The van der Waals surface area contributed by atoms with E-state index in [1.807, 2.05) is 36.4 Å². The summed E-state index contributed by atoms with van der Waals surface area (Å²) in [5.41, 5.74) is 1.70. The van der Waals surface area contributed by atoms with Gasteiger partial charge < -0.3 is 5.84 Å². The van der Waals surface area contributed by atoms with E-state index in [0.717, 1.165) is 21.8 Å². The van der Waals surface area contributed by atoms with E-state index in [1.54, 1.807) is 0 Å². The van der Waals surface area contributed by atoms with Crippen LogP contribution in [0.25, 0.3) is 21.8 Å². The van der Waals surface area contributed by atoms with E-state index < -0.39 is 0 Å². The van der Waals surface area contributed by atoms with Crippen LogP contribution in [0, 0.1) is 0 Å². The van der Waals surface area contributed by atoms with Crippen LogP contribution in [0.5, 0.6) is 0 Å². The molecule has 0 fully saturated rings. The highest BCUT2D eigenvalue weighted by atomic mass is 15.6. The van der Waals surface area contributed by atoms with Crippen molar-refractivity contribution in [1.29, 1.82) is 0 Å². The topological polar surface area (TPSA) is 56.7 Å². The van der Waals surface area contributed by atoms with Gasteiger partial charge in [-0.05, 0) is 16.7 Å². The molecule has 1 heterocycles. The second kappa shape index (κ2) is 2.45. The average molecular weight is 184 g/mol. The molecule has 0 unspecified atom stereocenters. The third-order valence-electron chi connectivity index (χ3n) is 2.37. The van der Waals surface area contributed by atoms with Gasteiger partial charge in [0.05, 0.1) is 0 Å². The molecule has 0 aliphatic rings. The third kappa shape index (κ3) is 0.821. The summed E-state index contributed by atoms with van der Waals surface area (Å²) in [5.74, 6) is 5.61. The highest BCUT2D eigenvalue weighted by Crippen LogP contribution is 2.21. The number of nitrogen functional groups attached to an aromatic ring is 1. The zero-order valence-corrected chi connectivity index (χ0v) is 7.38. The number of hydrogen-bond donors (Lipinski definition) is 1. The summed E-state index contributed by atoms with van der Waals surface area (Å²) in [6.07, 6.45) is 0. The number of nitrogens with zero attached hydrogens (tertiary/aromatic N) is 3.